The molecule has 0 unspecified atom stereocenters. The van der Waals surface area contributed by atoms with Gasteiger partial charge in [-0.25, -0.2) is 0 Å². The first kappa shape index (κ1) is 22.8. The molecule has 0 spiro atoms. The number of halogens is 6. The molecule has 176 valence electrons. The Hall–Kier alpha value is -3.38. The number of alkyl halides is 6. The zero-order valence-electron chi connectivity index (χ0n) is 17.4. The van der Waals surface area contributed by atoms with Crippen LogP contribution in [0.5, 0.6) is 0 Å². The van der Waals surface area contributed by atoms with E-state index >= 15 is 0 Å². The smallest absolute Gasteiger partial charge is 0.342 e. The summed E-state index contributed by atoms with van der Waals surface area (Å²) in [6.07, 6.45) is -7.08. The Labute approximate surface area is 183 Å². The number of hydrogen-bond donors (Lipinski definition) is 1. The van der Waals surface area contributed by atoms with E-state index in [0.717, 1.165) is 16.9 Å². The summed E-state index contributed by atoms with van der Waals surface area (Å²) >= 11 is 0. The lowest BCUT2D eigenvalue weighted by molar-refractivity contribution is -0.142. The van der Waals surface area contributed by atoms with Crippen molar-refractivity contribution in [3.63, 3.8) is 0 Å². The molecular formula is C20H18F6N6O. The van der Waals surface area contributed by atoms with Crippen LogP contribution in [0.4, 0.5) is 26.3 Å². The van der Waals surface area contributed by atoms with Crippen molar-refractivity contribution in [2.75, 3.05) is 0 Å². The van der Waals surface area contributed by atoms with Crippen LogP contribution in [0.1, 0.15) is 52.0 Å². The number of amides is 1. The standard InChI is InChI=1S/C20H18F6N6O/c1-10-9-27-16(19(21,22)23)6-11(10)13-7-14-12(4-3-5-32(14)29-13)28-18(33)15-8-17(20(24,25)26)30-31(15)2/h6-9,12H,3-5H2,1-2H3,(H,28,33)/t12-/m1/s1. The van der Waals surface area contributed by atoms with E-state index in [4.69, 9.17) is 0 Å². The van der Waals surface area contributed by atoms with Gasteiger partial charge in [-0.3, -0.25) is 19.1 Å². The molecular weight excluding hydrogens is 454 g/mol. The second-order valence-corrected chi connectivity index (χ2v) is 7.76. The van der Waals surface area contributed by atoms with E-state index in [-0.39, 0.29) is 17.0 Å². The number of carbonyl (C=O) groups is 1. The molecule has 0 aromatic carbocycles. The molecule has 0 fully saturated rings. The van der Waals surface area contributed by atoms with Crippen molar-refractivity contribution in [1.82, 2.24) is 29.9 Å². The number of hydrogen-bond acceptors (Lipinski definition) is 4. The van der Waals surface area contributed by atoms with E-state index in [2.05, 4.69) is 20.5 Å². The molecule has 4 rings (SSSR count). The van der Waals surface area contributed by atoms with Gasteiger partial charge in [-0.2, -0.15) is 36.5 Å². The largest absolute Gasteiger partial charge is 0.435 e. The van der Waals surface area contributed by atoms with Crippen molar-refractivity contribution in [2.45, 2.75) is 44.7 Å². The molecule has 0 radical (unpaired) electrons. The minimum atomic E-state index is -4.69. The number of aryl methyl sites for hydroxylation is 3. The predicted molar refractivity (Wildman–Crippen MR) is 103 cm³/mol. The van der Waals surface area contributed by atoms with Crippen LogP contribution in [-0.4, -0.2) is 30.5 Å². The third-order valence-electron chi connectivity index (χ3n) is 5.41. The summed E-state index contributed by atoms with van der Waals surface area (Å²) in [4.78, 5) is 16.1. The Kier molecular flexibility index (Phi) is 5.45. The van der Waals surface area contributed by atoms with Crippen LogP contribution in [0.3, 0.4) is 0 Å². The van der Waals surface area contributed by atoms with E-state index in [1.165, 1.54) is 7.05 Å². The topological polar surface area (TPSA) is 77.6 Å². The van der Waals surface area contributed by atoms with Crippen molar-refractivity contribution < 1.29 is 31.1 Å². The molecule has 13 heteroatoms. The normalized spacial score (nSPS) is 16.5. The summed E-state index contributed by atoms with van der Waals surface area (Å²) < 4.78 is 80.5. The number of carbonyl (C=O) groups excluding carboxylic acids is 1. The summed E-state index contributed by atoms with van der Waals surface area (Å²) in [5, 5.41) is 10.4. The molecule has 0 bridgehead atoms. The Morgan fingerprint density at radius 2 is 1.76 bits per heavy atom. The molecule has 3 aromatic rings. The van der Waals surface area contributed by atoms with Gasteiger partial charge in [0.2, 0.25) is 0 Å². The predicted octanol–water partition coefficient (Wildman–Crippen LogP) is 4.29. The number of fused-ring (bicyclic) bond motifs is 1. The first-order valence-corrected chi connectivity index (χ1v) is 9.88. The first-order valence-electron chi connectivity index (χ1n) is 9.88. The molecule has 33 heavy (non-hydrogen) atoms. The van der Waals surface area contributed by atoms with E-state index in [9.17, 15) is 31.1 Å². The second kappa shape index (κ2) is 7.89. The molecule has 1 amide bonds. The number of rotatable bonds is 3. The van der Waals surface area contributed by atoms with Crippen molar-refractivity contribution >= 4 is 5.91 Å². The number of pyridine rings is 1. The second-order valence-electron chi connectivity index (χ2n) is 7.76. The van der Waals surface area contributed by atoms with Gasteiger partial charge in [0.15, 0.2) is 5.69 Å². The van der Waals surface area contributed by atoms with Crippen molar-refractivity contribution in [3.8, 4) is 11.3 Å². The maximum atomic E-state index is 13.1. The van der Waals surface area contributed by atoms with Crippen molar-refractivity contribution in [1.29, 1.82) is 0 Å². The van der Waals surface area contributed by atoms with Crippen molar-refractivity contribution in [3.05, 3.63) is 52.7 Å². The van der Waals surface area contributed by atoms with Gasteiger partial charge in [0.05, 0.1) is 17.4 Å². The summed E-state index contributed by atoms with van der Waals surface area (Å²) in [7, 11) is 1.23. The number of aromatic nitrogens is 5. The Morgan fingerprint density at radius 1 is 1.06 bits per heavy atom. The molecule has 7 nitrogen and oxygen atoms in total. The van der Waals surface area contributed by atoms with Gasteiger partial charge >= 0.3 is 12.4 Å². The summed E-state index contributed by atoms with van der Waals surface area (Å²) in [5.41, 5.74) is -0.905. The lowest BCUT2D eigenvalue weighted by Crippen LogP contribution is -2.33. The van der Waals surface area contributed by atoms with E-state index < -0.39 is 35.7 Å². The third kappa shape index (κ3) is 4.44. The maximum absolute atomic E-state index is 13.1. The van der Waals surface area contributed by atoms with Gasteiger partial charge < -0.3 is 5.32 Å². The summed E-state index contributed by atoms with van der Waals surface area (Å²) in [6, 6.07) is 2.59. The average molecular weight is 472 g/mol. The van der Waals surface area contributed by atoms with Gasteiger partial charge in [-0.15, -0.1) is 0 Å². The monoisotopic (exact) mass is 472 g/mol. The number of nitrogens with one attached hydrogen (secondary N) is 1. The van der Waals surface area contributed by atoms with Gasteiger partial charge in [-0.05, 0) is 37.5 Å². The highest BCUT2D eigenvalue weighted by atomic mass is 19.4. The molecule has 4 heterocycles. The minimum absolute atomic E-state index is 0.255. The van der Waals surface area contributed by atoms with Crippen LogP contribution in [0, 0.1) is 6.92 Å². The lowest BCUT2D eigenvalue weighted by atomic mass is 10.0. The van der Waals surface area contributed by atoms with E-state index in [0.29, 0.717) is 36.7 Å². The molecule has 3 aromatic heterocycles. The quantitative estimate of drug-likeness (QED) is 0.577. The van der Waals surface area contributed by atoms with Crippen LogP contribution in [0.25, 0.3) is 11.3 Å². The van der Waals surface area contributed by atoms with Gasteiger partial charge in [0.1, 0.15) is 11.4 Å². The molecule has 0 saturated heterocycles. The average Bonchev–Trinajstić information content (AvgIpc) is 3.31. The summed E-state index contributed by atoms with van der Waals surface area (Å²) in [5.74, 6) is -0.749. The maximum Gasteiger partial charge on any atom is 0.435 e. The molecule has 1 aliphatic rings. The van der Waals surface area contributed by atoms with Gasteiger partial charge in [-0.1, -0.05) is 0 Å². The highest BCUT2D eigenvalue weighted by Crippen LogP contribution is 2.34. The molecule has 0 saturated carbocycles. The molecule has 1 aliphatic heterocycles. The Morgan fingerprint density at radius 3 is 2.39 bits per heavy atom. The van der Waals surface area contributed by atoms with Crippen LogP contribution in [0.15, 0.2) is 24.4 Å². The van der Waals surface area contributed by atoms with Crippen molar-refractivity contribution in [2.24, 2.45) is 7.05 Å². The highest BCUT2D eigenvalue weighted by molar-refractivity contribution is 5.93. The minimum Gasteiger partial charge on any atom is -0.342 e. The van der Waals surface area contributed by atoms with Gasteiger partial charge in [0.25, 0.3) is 5.91 Å². The van der Waals surface area contributed by atoms with Crippen LogP contribution >= 0.6 is 0 Å². The Bertz CT molecular complexity index is 1210. The molecule has 1 N–H and O–H groups in total. The Balaban J connectivity index is 1.63. The SMILES string of the molecule is Cc1cnc(C(F)(F)F)cc1-c1cc2n(n1)CCC[C@H]2NC(=O)c1cc(C(F)(F)F)nn1C. The van der Waals surface area contributed by atoms with E-state index in [1.807, 2.05) is 0 Å². The van der Waals surface area contributed by atoms with Crippen LogP contribution in [-0.2, 0) is 25.9 Å². The zero-order chi connectivity index (χ0) is 24.1. The van der Waals surface area contributed by atoms with Gasteiger partial charge in [0, 0.05) is 31.4 Å². The lowest BCUT2D eigenvalue weighted by Gasteiger charge is -2.24. The van der Waals surface area contributed by atoms with Crippen LogP contribution < -0.4 is 5.32 Å². The third-order valence-corrected chi connectivity index (χ3v) is 5.41. The van der Waals surface area contributed by atoms with Crippen LogP contribution in [0.2, 0.25) is 0 Å². The molecule has 1 atom stereocenters. The fourth-order valence-corrected chi connectivity index (χ4v) is 3.77. The molecule has 0 aliphatic carbocycles. The fourth-order valence-electron chi connectivity index (χ4n) is 3.77. The fraction of sp³-hybridized carbons (Fsp3) is 0.400. The zero-order valence-corrected chi connectivity index (χ0v) is 17.4. The highest BCUT2D eigenvalue weighted by Gasteiger charge is 2.36. The number of nitrogens with zero attached hydrogens (tertiary/aromatic N) is 5. The summed E-state index contributed by atoms with van der Waals surface area (Å²) in [6.45, 7) is 2.10. The first-order chi connectivity index (χ1) is 15.3. The van der Waals surface area contributed by atoms with E-state index in [1.54, 1.807) is 17.7 Å².